The number of rotatable bonds is 4. The molecule has 2 aromatic heterocycles. The quantitative estimate of drug-likeness (QED) is 0.929. The summed E-state index contributed by atoms with van der Waals surface area (Å²) in [7, 11) is 0. The molecule has 6 nitrogen and oxygen atoms in total. The third kappa shape index (κ3) is 3.73. The Morgan fingerprint density at radius 3 is 2.87 bits per heavy atom. The number of hydrogen-bond donors (Lipinski definition) is 1. The van der Waals surface area contributed by atoms with Gasteiger partial charge in [0.15, 0.2) is 0 Å². The minimum atomic E-state index is -1.09. The van der Waals surface area contributed by atoms with Gasteiger partial charge >= 0.3 is 5.97 Å². The van der Waals surface area contributed by atoms with Crippen molar-refractivity contribution in [2.45, 2.75) is 19.3 Å². The van der Waals surface area contributed by atoms with Gasteiger partial charge in [0.2, 0.25) is 0 Å². The number of likely N-dealkylation sites (tertiary alicyclic amines) is 1. The van der Waals surface area contributed by atoms with Crippen molar-refractivity contribution in [2.24, 2.45) is 5.92 Å². The average molecular weight is 331 g/mol. The summed E-state index contributed by atoms with van der Waals surface area (Å²) in [6.45, 7) is 1.44. The second kappa shape index (κ2) is 6.87. The number of amides is 1. The van der Waals surface area contributed by atoms with E-state index in [9.17, 15) is 9.59 Å². The van der Waals surface area contributed by atoms with Crippen molar-refractivity contribution < 1.29 is 14.7 Å². The van der Waals surface area contributed by atoms with E-state index in [2.05, 4.69) is 9.97 Å². The van der Waals surface area contributed by atoms with Gasteiger partial charge in [-0.05, 0) is 30.9 Å². The van der Waals surface area contributed by atoms with Gasteiger partial charge in [-0.3, -0.25) is 4.79 Å². The number of thiazole rings is 1. The number of aromatic carboxylic acids is 1. The molecular weight excluding hydrogens is 314 g/mol. The third-order valence-electron chi connectivity index (χ3n) is 3.98. The van der Waals surface area contributed by atoms with E-state index in [1.54, 1.807) is 17.5 Å². The molecule has 1 aliphatic heterocycles. The first kappa shape index (κ1) is 15.6. The van der Waals surface area contributed by atoms with Crippen LogP contribution in [0.3, 0.4) is 0 Å². The summed E-state index contributed by atoms with van der Waals surface area (Å²) in [4.78, 5) is 33.3. The maximum Gasteiger partial charge on any atom is 0.354 e. The highest BCUT2D eigenvalue weighted by atomic mass is 32.1. The fourth-order valence-electron chi connectivity index (χ4n) is 2.85. The second-order valence-electron chi connectivity index (χ2n) is 5.63. The number of aromatic nitrogens is 2. The number of carboxylic acids is 1. The number of carboxylic acid groups (broad SMARTS) is 1. The predicted octanol–water partition coefficient (Wildman–Crippen LogP) is 2.33. The molecule has 0 spiro atoms. The normalized spacial score (nSPS) is 17.9. The lowest BCUT2D eigenvalue weighted by Crippen LogP contribution is -2.40. The number of carbonyl (C=O) groups excluding carboxylic acids is 1. The maximum atomic E-state index is 12.6. The number of piperidine rings is 1. The van der Waals surface area contributed by atoms with E-state index in [0.29, 0.717) is 18.0 Å². The molecule has 0 bridgehead atoms. The van der Waals surface area contributed by atoms with Crippen LogP contribution >= 0.6 is 11.3 Å². The standard InChI is InChI=1S/C16H17N3O3S/c20-15(12-3-4-13(16(21)22)18-9-12)19-6-1-2-11(10-19)8-14-17-5-7-23-14/h3-5,7,9,11H,1-2,6,8,10H2,(H,21,22). The molecule has 7 heteroatoms. The van der Waals surface area contributed by atoms with Gasteiger partial charge in [-0.1, -0.05) is 0 Å². The lowest BCUT2D eigenvalue weighted by Gasteiger charge is -2.32. The molecule has 1 unspecified atom stereocenters. The third-order valence-corrected chi connectivity index (χ3v) is 4.78. The highest BCUT2D eigenvalue weighted by Crippen LogP contribution is 2.23. The molecule has 1 saturated heterocycles. The van der Waals surface area contributed by atoms with Crippen molar-refractivity contribution in [1.82, 2.24) is 14.9 Å². The number of carbonyl (C=O) groups is 2. The second-order valence-corrected chi connectivity index (χ2v) is 6.61. The molecule has 1 N–H and O–H groups in total. The lowest BCUT2D eigenvalue weighted by atomic mass is 9.94. The van der Waals surface area contributed by atoms with Crippen LogP contribution in [0.15, 0.2) is 29.9 Å². The van der Waals surface area contributed by atoms with E-state index in [0.717, 1.165) is 30.8 Å². The van der Waals surface area contributed by atoms with Gasteiger partial charge in [-0.25, -0.2) is 14.8 Å². The lowest BCUT2D eigenvalue weighted by molar-refractivity contribution is 0.0664. The molecule has 0 saturated carbocycles. The summed E-state index contributed by atoms with van der Waals surface area (Å²) in [5.74, 6) is -0.756. The van der Waals surface area contributed by atoms with Crippen molar-refractivity contribution in [3.05, 3.63) is 46.2 Å². The molecule has 3 rings (SSSR count). The summed E-state index contributed by atoms with van der Waals surface area (Å²) < 4.78 is 0. The van der Waals surface area contributed by atoms with E-state index < -0.39 is 5.97 Å². The minimum absolute atomic E-state index is 0.0539. The van der Waals surface area contributed by atoms with Crippen molar-refractivity contribution in [1.29, 1.82) is 0 Å². The molecule has 1 aliphatic rings. The molecule has 0 radical (unpaired) electrons. The van der Waals surface area contributed by atoms with Crippen molar-refractivity contribution >= 4 is 23.2 Å². The highest BCUT2D eigenvalue weighted by Gasteiger charge is 2.25. The largest absolute Gasteiger partial charge is 0.477 e. The van der Waals surface area contributed by atoms with Crippen molar-refractivity contribution in [3.63, 3.8) is 0 Å². The van der Waals surface area contributed by atoms with Gasteiger partial charge in [0.05, 0.1) is 10.6 Å². The zero-order valence-electron chi connectivity index (χ0n) is 12.5. The summed E-state index contributed by atoms with van der Waals surface area (Å²) in [5, 5.41) is 11.9. The summed E-state index contributed by atoms with van der Waals surface area (Å²) in [5.41, 5.74) is 0.381. The van der Waals surface area contributed by atoms with E-state index in [4.69, 9.17) is 5.11 Å². The Labute approximate surface area is 137 Å². The smallest absolute Gasteiger partial charge is 0.354 e. The van der Waals surface area contributed by atoms with Crippen molar-refractivity contribution in [3.8, 4) is 0 Å². The number of nitrogens with zero attached hydrogens (tertiary/aromatic N) is 3. The molecule has 3 heterocycles. The van der Waals surface area contributed by atoms with Crippen LogP contribution in [0.4, 0.5) is 0 Å². The minimum Gasteiger partial charge on any atom is -0.477 e. The first-order valence-electron chi connectivity index (χ1n) is 7.50. The van der Waals surface area contributed by atoms with Gasteiger partial charge in [0, 0.05) is 37.3 Å². The van der Waals surface area contributed by atoms with Crippen LogP contribution in [-0.2, 0) is 6.42 Å². The monoisotopic (exact) mass is 331 g/mol. The van der Waals surface area contributed by atoms with Crippen LogP contribution in [0.1, 0.15) is 38.7 Å². The molecule has 1 amide bonds. The topological polar surface area (TPSA) is 83.4 Å². The average Bonchev–Trinajstić information content (AvgIpc) is 3.07. The van der Waals surface area contributed by atoms with E-state index in [1.807, 2.05) is 10.3 Å². The van der Waals surface area contributed by atoms with Gasteiger partial charge in [0.1, 0.15) is 5.69 Å². The Kier molecular flexibility index (Phi) is 4.66. The molecule has 1 atom stereocenters. The Morgan fingerprint density at radius 1 is 1.35 bits per heavy atom. The SMILES string of the molecule is O=C(O)c1ccc(C(=O)N2CCCC(Cc3nccs3)C2)cn1. The van der Waals surface area contributed by atoms with Crippen LogP contribution in [0.2, 0.25) is 0 Å². The van der Waals surface area contributed by atoms with Crippen LogP contribution < -0.4 is 0 Å². The van der Waals surface area contributed by atoms with Crippen LogP contribution in [-0.4, -0.2) is 44.9 Å². The predicted molar refractivity (Wildman–Crippen MR) is 85.6 cm³/mol. The molecule has 23 heavy (non-hydrogen) atoms. The highest BCUT2D eigenvalue weighted by molar-refractivity contribution is 7.09. The molecule has 120 valence electrons. The summed E-state index contributed by atoms with van der Waals surface area (Å²) in [6.07, 6.45) is 6.12. The fraction of sp³-hybridized carbons (Fsp3) is 0.375. The van der Waals surface area contributed by atoms with Crippen LogP contribution in [0.5, 0.6) is 0 Å². The molecule has 0 aromatic carbocycles. The zero-order valence-corrected chi connectivity index (χ0v) is 13.3. The Morgan fingerprint density at radius 2 is 2.22 bits per heavy atom. The van der Waals surface area contributed by atoms with Crippen molar-refractivity contribution in [2.75, 3.05) is 13.1 Å². The van der Waals surface area contributed by atoms with E-state index in [1.165, 1.54) is 18.3 Å². The Hall–Kier alpha value is -2.28. The molecule has 1 fully saturated rings. The van der Waals surface area contributed by atoms with Gasteiger partial charge < -0.3 is 10.0 Å². The van der Waals surface area contributed by atoms with Crippen LogP contribution in [0, 0.1) is 5.92 Å². The summed E-state index contributed by atoms with van der Waals surface area (Å²) in [6, 6.07) is 2.90. The van der Waals surface area contributed by atoms with Crippen LogP contribution in [0.25, 0.3) is 0 Å². The maximum absolute atomic E-state index is 12.6. The summed E-state index contributed by atoms with van der Waals surface area (Å²) >= 11 is 1.65. The number of hydrogen-bond acceptors (Lipinski definition) is 5. The van der Waals surface area contributed by atoms with Gasteiger partial charge in [-0.2, -0.15) is 0 Å². The number of pyridine rings is 1. The zero-order chi connectivity index (χ0) is 16.2. The fourth-order valence-corrected chi connectivity index (χ4v) is 3.58. The van der Waals surface area contributed by atoms with E-state index in [-0.39, 0.29) is 11.6 Å². The Balaban J connectivity index is 1.65. The van der Waals surface area contributed by atoms with Gasteiger partial charge in [-0.15, -0.1) is 11.3 Å². The molecule has 2 aromatic rings. The first-order valence-corrected chi connectivity index (χ1v) is 8.38. The van der Waals surface area contributed by atoms with Gasteiger partial charge in [0.25, 0.3) is 5.91 Å². The molecule has 0 aliphatic carbocycles. The first-order chi connectivity index (χ1) is 11.1. The van der Waals surface area contributed by atoms with E-state index >= 15 is 0 Å². The molecular formula is C16H17N3O3S. The Bertz CT molecular complexity index is 685.